The van der Waals surface area contributed by atoms with Crippen LogP contribution in [0, 0.1) is 5.41 Å². The summed E-state index contributed by atoms with van der Waals surface area (Å²) in [5.41, 5.74) is 1.23. The topological polar surface area (TPSA) is 107 Å². The lowest BCUT2D eigenvalue weighted by molar-refractivity contribution is -0.126. The van der Waals surface area contributed by atoms with Crippen molar-refractivity contribution in [2.75, 3.05) is 47.8 Å². The number of pyridine rings is 1. The van der Waals surface area contributed by atoms with Crippen molar-refractivity contribution in [3.8, 4) is 0 Å². The first-order chi connectivity index (χ1) is 15.5. The molecule has 1 spiro atoms. The fourth-order valence-electron chi connectivity index (χ4n) is 4.76. The molecule has 3 aliphatic heterocycles. The second-order valence-corrected chi connectivity index (χ2v) is 8.97. The Hall–Kier alpha value is -2.91. The van der Waals surface area contributed by atoms with E-state index in [1.807, 2.05) is 15.9 Å². The van der Waals surface area contributed by atoms with E-state index in [0.717, 1.165) is 44.5 Å². The van der Waals surface area contributed by atoms with E-state index in [-0.39, 0.29) is 11.3 Å². The lowest BCUT2D eigenvalue weighted by atomic mass is 9.78. The van der Waals surface area contributed by atoms with Crippen LogP contribution in [0.25, 0.3) is 0 Å². The SMILES string of the molecule is O=C1N(c2cncc(Nc3ncc(Cl)c(N4CCC=C(O)C4)n3)c2)CCC12CCNCC2. The van der Waals surface area contributed by atoms with Crippen molar-refractivity contribution in [1.82, 2.24) is 20.3 Å². The summed E-state index contributed by atoms with van der Waals surface area (Å²) in [6.07, 6.45) is 10.1. The maximum Gasteiger partial charge on any atom is 0.233 e. The number of carbonyl (C=O) groups is 1. The van der Waals surface area contributed by atoms with Gasteiger partial charge in [0, 0.05) is 13.1 Å². The first-order valence-corrected chi connectivity index (χ1v) is 11.3. The lowest BCUT2D eigenvalue weighted by Gasteiger charge is -2.32. The van der Waals surface area contributed by atoms with Gasteiger partial charge in [-0.15, -0.1) is 0 Å². The molecule has 0 unspecified atom stereocenters. The van der Waals surface area contributed by atoms with Crippen LogP contribution in [-0.4, -0.2) is 58.7 Å². The van der Waals surface area contributed by atoms with E-state index in [9.17, 15) is 9.90 Å². The van der Waals surface area contributed by atoms with Gasteiger partial charge in [-0.05, 0) is 50.9 Å². The lowest BCUT2D eigenvalue weighted by Crippen LogP contribution is -2.42. The van der Waals surface area contributed by atoms with Crippen LogP contribution in [0.3, 0.4) is 0 Å². The van der Waals surface area contributed by atoms with Crippen LogP contribution < -0.4 is 20.4 Å². The zero-order chi connectivity index (χ0) is 22.1. The van der Waals surface area contributed by atoms with Gasteiger partial charge in [-0.3, -0.25) is 9.78 Å². The van der Waals surface area contributed by atoms with Crippen LogP contribution in [0.2, 0.25) is 5.02 Å². The van der Waals surface area contributed by atoms with Gasteiger partial charge in [-0.25, -0.2) is 4.98 Å². The molecule has 9 nitrogen and oxygen atoms in total. The van der Waals surface area contributed by atoms with Crippen LogP contribution >= 0.6 is 11.6 Å². The molecule has 0 bridgehead atoms. The standard InChI is InChI=1S/C22H26ClN7O2/c23-18-13-26-21(28-19(18)29-8-1-2-17(31)14-29)27-15-10-16(12-25-11-15)30-9-5-22(20(30)32)3-6-24-7-4-22/h2,10-13,24,31H,1,3-9,14H2,(H,26,27,28). The number of aromatic nitrogens is 3. The zero-order valence-electron chi connectivity index (χ0n) is 17.7. The molecule has 0 atom stereocenters. The predicted octanol–water partition coefficient (Wildman–Crippen LogP) is 3.03. The van der Waals surface area contributed by atoms with Gasteiger partial charge < -0.3 is 25.5 Å². The quantitative estimate of drug-likeness (QED) is 0.645. The Kier molecular flexibility index (Phi) is 5.60. The Morgan fingerprint density at radius 1 is 1.16 bits per heavy atom. The Labute approximate surface area is 191 Å². The highest BCUT2D eigenvalue weighted by atomic mass is 35.5. The Bertz CT molecular complexity index is 1050. The molecular formula is C22H26ClN7O2. The van der Waals surface area contributed by atoms with Crippen molar-refractivity contribution in [3.05, 3.63) is 41.5 Å². The smallest absolute Gasteiger partial charge is 0.233 e. The fourth-order valence-corrected chi connectivity index (χ4v) is 4.97. The highest BCUT2D eigenvalue weighted by Crippen LogP contribution is 2.42. The van der Waals surface area contributed by atoms with Gasteiger partial charge >= 0.3 is 0 Å². The fraction of sp³-hybridized carbons (Fsp3) is 0.455. The Morgan fingerprint density at radius 2 is 2.00 bits per heavy atom. The van der Waals surface area contributed by atoms with E-state index in [4.69, 9.17) is 11.6 Å². The molecule has 0 radical (unpaired) electrons. The largest absolute Gasteiger partial charge is 0.511 e. The van der Waals surface area contributed by atoms with E-state index in [1.165, 1.54) is 0 Å². The molecule has 2 aromatic heterocycles. The first-order valence-electron chi connectivity index (χ1n) is 10.9. The normalized spacial score (nSPS) is 20.5. The van der Waals surface area contributed by atoms with Gasteiger partial charge in [0.05, 0.1) is 41.9 Å². The summed E-state index contributed by atoms with van der Waals surface area (Å²) in [6.45, 7) is 3.56. The van der Waals surface area contributed by atoms with Gasteiger partial charge in [0.1, 0.15) is 10.8 Å². The van der Waals surface area contributed by atoms with Crippen LogP contribution in [0.4, 0.5) is 23.1 Å². The number of hydrogen-bond donors (Lipinski definition) is 3. The number of nitrogens with zero attached hydrogens (tertiary/aromatic N) is 5. The van der Waals surface area contributed by atoms with E-state index in [0.29, 0.717) is 47.9 Å². The molecule has 0 saturated carbocycles. The van der Waals surface area contributed by atoms with Crippen LogP contribution in [0.1, 0.15) is 25.7 Å². The second kappa shape index (κ2) is 8.55. The maximum atomic E-state index is 13.2. The Morgan fingerprint density at radius 3 is 2.81 bits per heavy atom. The summed E-state index contributed by atoms with van der Waals surface area (Å²) in [6, 6.07) is 1.90. The molecule has 1 amide bonds. The first kappa shape index (κ1) is 21.0. The Balaban J connectivity index is 1.34. The summed E-state index contributed by atoms with van der Waals surface area (Å²) >= 11 is 6.32. The molecule has 168 valence electrons. The molecule has 5 rings (SSSR count). The third-order valence-electron chi connectivity index (χ3n) is 6.52. The summed E-state index contributed by atoms with van der Waals surface area (Å²) in [4.78, 5) is 30.2. The summed E-state index contributed by atoms with van der Waals surface area (Å²) < 4.78 is 0. The molecule has 5 heterocycles. The van der Waals surface area contributed by atoms with E-state index < -0.39 is 0 Å². The number of anilines is 4. The molecule has 0 aromatic carbocycles. The summed E-state index contributed by atoms with van der Waals surface area (Å²) in [5, 5.41) is 16.8. The average Bonchev–Trinajstić information content (AvgIpc) is 3.11. The van der Waals surface area contributed by atoms with Crippen molar-refractivity contribution in [2.45, 2.75) is 25.7 Å². The summed E-state index contributed by atoms with van der Waals surface area (Å²) in [5.74, 6) is 1.44. The molecule has 32 heavy (non-hydrogen) atoms. The van der Waals surface area contributed by atoms with Gasteiger partial charge in [-0.2, -0.15) is 4.98 Å². The number of nitrogens with one attached hydrogen (secondary N) is 2. The molecule has 2 saturated heterocycles. The predicted molar refractivity (Wildman–Crippen MR) is 124 cm³/mol. The zero-order valence-corrected chi connectivity index (χ0v) is 18.5. The third-order valence-corrected chi connectivity index (χ3v) is 6.79. The van der Waals surface area contributed by atoms with E-state index >= 15 is 0 Å². The van der Waals surface area contributed by atoms with Crippen LogP contribution in [-0.2, 0) is 4.79 Å². The molecule has 2 aromatic rings. The van der Waals surface area contributed by atoms with Gasteiger partial charge in [-0.1, -0.05) is 11.6 Å². The minimum Gasteiger partial charge on any atom is -0.511 e. The number of piperidine rings is 1. The average molecular weight is 456 g/mol. The van der Waals surface area contributed by atoms with Crippen LogP contribution in [0.15, 0.2) is 36.5 Å². The minimum atomic E-state index is -0.239. The maximum absolute atomic E-state index is 13.2. The highest BCUT2D eigenvalue weighted by molar-refractivity contribution is 6.32. The molecule has 3 N–H and O–H groups in total. The van der Waals surface area contributed by atoms with Crippen molar-refractivity contribution < 1.29 is 9.90 Å². The van der Waals surface area contributed by atoms with Crippen molar-refractivity contribution >= 4 is 40.6 Å². The monoisotopic (exact) mass is 455 g/mol. The second-order valence-electron chi connectivity index (χ2n) is 8.56. The van der Waals surface area contributed by atoms with Crippen molar-refractivity contribution in [2.24, 2.45) is 5.41 Å². The van der Waals surface area contributed by atoms with E-state index in [2.05, 4.69) is 25.6 Å². The molecule has 10 heteroatoms. The molecule has 2 fully saturated rings. The van der Waals surface area contributed by atoms with Crippen LogP contribution in [0.5, 0.6) is 0 Å². The molecule has 3 aliphatic rings. The third kappa shape index (κ3) is 3.98. The minimum absolute atomic E-state index is 0.195. The molecular weight excluding hydrogens is 430 g/mol. The van der Waals surface area contributed by atoms with E-state index in [1.54, 1.807) is 24.7 Å². The number of rotatable bonds is 4. The van der Waals surface area contributed by atoms with Crippen molar-refractivity contribution in [3.63, 3.8) is 0 Å². The number of aliphatic hydroxyl groups excluding tert-OH is 1. The van der Waals surface area contributed by atoms with Gasteiger partial charge in [0.25, 0.3) is 0 Å². The molecule has 0 aliphatic carbocycles. The number of carbonyl (C=O) groups excluding carboxylic acids is 1. The van der Waals surface area contributed by atoms with Crippen molar-refractivity contribution in [1.29, 1.82) is 0 Å². The number of halogens is 1. The number of aliphatic hydroxyl groups is 1. The number of hydrogen-bond acceptors (Lipinski definition) is 8. The summed E-state index contributed by atoms with van der Waals surface area (Å²) in [7, 11) is 0. The van der Waals surface area contributed by atoms with Gasteiger partial charge in [0.2, 0.25) is 11.9 Å². The van der Waals surface area contributed by atoms with Gasteiger partial charge in [0.15, 0.2) is 5.82 Å². The highest BCUT2D eigenvalue weighted by Gasteiger charge is 2.47. The number of amides is 1.